The van der Waals surface area contributed by atoms with Gasteiger partial charge in [-0.25, -0.2) is 4.98 Å². The summed E-state index contributed by atoms with van der Waals surface area (Å²) in [5, 5.41) is 0. The lowest BCUT2D eigenvalue weighted by Gasteiger charge is -2.25. The van der Waals surface area contributed by atoms with Gasteiger partial charge in [-0.1, -0.05) is 12.1 Å². The number of fused-ring (bicyclic) bond motifs is 1. The van der Waals surface area contributed by atoms with Crippen molar-refractivity contribution in [2.24, 2.45) is 0 Å². The second-order valence-electron chi connectivity index (χ2n) is 5.15. The largest absolute Gasteiger partial charge is 0.324 e. The highest BCUT2D eigenvalue weighted by Gasteiger charge is 2.22. The first-order chi connectivity index (χ1) is 9.31. The summed E-state index contributed by atoms with van der Waals surface area (Å²) in [6, 6.07) is 6.98. The molecule has 0 spiro atoms. The molecule has 0 bridgehead atoms. The number of halogens is 1. The van der Waals surface area contributed by atoms with Gasteiger partial charge in [0.1, 0.15) is 5.82 Å². The number of aromatic nitrogens is 2. The first-order valence-electron chi connectivity index (χ1n) is 6.91. The van der Waals surface area contributed by atoms with Crippen molar-refractivity contribution in [1.29, 1.82) is 0 Å². The molecule has 2 aromatic rings. The van der Waals surface area contributed by atoms with Gasteiger partial charge >= 0.3 is 0 Å². The quantitative estimate of drug-likeness (QED) is 0.790. The molecule has 1 atom stereocenters. The molecule has 4 heteroatoms. The van der Waals surface area contributed by atoms with E-state index in [0.717, 1.165) is 17.8 Å². The maximum absolute atomic E-state index is 5.96. The van der Waals surface area contributed by atoms with Gasteiger partial charge in [0.25, 0.3) is 0 Å². The van der Waals surface area contributed by atoms with Crippen LogP contribution in [0.25, 0.3) is 11.0 Å². The fourth-order valence-electron chi connectivity index (χ4n) is 2.95. The monoisotopic (exact) mass is 294 g/mol. The van der Waals surface area contributed by atoms with Crippen LogP contribution in [0.1, 0.15) is 30.3 Å². The summed E-state index contributed by atoms with van der Waals surface area (Å²) in [5.74, 6) is 4.30. The standard InChI is InChI=1S/C15H19ClN2S/c1-11-4-2-6-13-15(11)18(14(17-13)7-8-16)12-5-3-9-19-10-12/h2,4,6,12H,3,5,7-10H2,1H3. The highest BCUT2D eigenvalue weighted by molar-refractivity contribution is 7.99. The Kier molecular flexibility index (Phi) is 4.04. The number of nitrogens with zero attached hydrogens (tertiary/aromatic N) is 2. The van der Waals surface area contributed by atoms with Crippen molar-refractivity contribution in [3.8, 4) is 0 Å². The molecule has 0 N–H and O–H groups in total. The van der Waals surface area contributed by atoms with Gasteiger partial charge < -0.3 is 4.57 Å². The van der Waals surface area contributed by atoms with Crippen molar-refractivity contribution in [2.75, 3.05) is 17.4 Å². The van der Waals surface area contributed by atoms with Gasteiger partial charge in [-0.05, 0) is 37.1 Å². The summed E-state index contributed by atoms with van der Waals surface area (Å²) in [4.78, 5) is 4.81. The van der Waals surface area contributed by atoms with Gasteiger partial charge in [0.2, 0.25) is 0 Å². The molecule has 1 aliphatic rings. The first kappa shape index (κ1) is 13.3. The number of hydrogen-bond acceptors (Lipinski definition) is 2. The maximum atomic E-state index is 5.96. The van der Waals surface area contributed by atoms with Gasteiger partial charge in [0.15, 0.2) is 0 Å². The third kappa shape index (κ3) is 2.50. The Hall–Kier alpha value is -0.670. The van der Waals surface area contributed by atoms with Gasteiger partial charge in [-0.2, -0.15) is 11.8 Å². The van der Waals surface area contributed by atoms with E-state index in [1.54, 1.807) is 0 Å². The smallest absolute Gasteiger partial charge is 0.111 e. The SMILES string of the molecule is Cc1cccc2nc(CCCl)n(C3CCCSC3)c12. The highest BCUT2D eigenvalue weighted by Crippen LogP contribution is 2.32. The number of aryl methyl sites for hydroxylation is 2. The van der Waals surface area contributed by atoms with Gasteiger partial charge in [-0.3, -0.25) is 0 Å². The van der Waals surface area contributed by atoms with E-state index in [1.165, 1.54) is 35.4 Å². The van der Waals surface area contributed by atoms with Gasteiger partial charge in [0, 0.05) is 24.1 Å². The van der Waals surface area contributed by atoms with E-state index in [-0.39, 0.29) is 0 Å². The molecule has 1 aromatic heterocycles. The average molecular weight is 295 g/mol. The fraction of sp³-hybridized carbons (Fsp3) is 0.533. The Bertz CT molecular complexity index is 573. The predicted octanol–water partition coefficient (Wildman–Crippen LogP) is 4.19. The van der Waals surface area contributed by atoms with Crippen LogP contribution < -0.4 is 0 Å². The maximum Gasteiger partial charge on any atom is 0.111 e. The van der Waals surface area contributed by atoms with Gasteiger partial charge in [-0.15, -0.1) is 11.6 Å². The molecule has 102 valence electrons. The first-order valence-corrected chi connectivity index (χ1v) is 8.60. The van der Waals surface area contributed by atoms with Crippen LogP contribution in [-0.4, -0.2) is 26.9 Å². The second-order valence-corrected chi connectivity index (χ2v) is 6.68. The van der Waals surface area contributed by atoms with E-state index in [4.69, 9.17) is 16.6 Å². The molecular formula is C15H19ClN2S. The molecule has 0 amide bonds. The Balaban J connectivity index is 2.14. The molecule has 3 rings (SSSR count). The van der Waals surface area contributed by atoms with Crippen LogP contribution in [0.4, 0.5) is 0 Å². The van der Waals surface area contributed by atoms with Crippen LogP contribution in [0.15, 0.2) is 18.2 Å². The van der Waals surface area contributed by atoms with E-state index in [2.05, 4.69) is 41.5 Å². The molecule has 0 aliphatic carbocycles. The third-order valence-corrected chi connectivity index (χ3v) is 5.19. The minimum atomic E-state index is 0.586. The van der Waals surface area contributed by atoms with Gasteiger partial charge in [0.05, 0.1) is 11.0 Å². The number of imidazole rings is 1. The van der Waals surface area contributed by atoms with Crippen LogP contribution in [-0.2, 0) is 6.42 Å². The zero-order chi connectivity index (χ0) is 13.2. The van der Waals surface area contributed by atoms with Crippen molar-refractivity contribution < 1.29 is 0 Å². The van der Waals surface area contributed by atoms with E-state index in [0.29, 0.717) is 11.9 Å². The Labute approximate surface area is 123 Å². The zero-order valence-corrected chi connectivity index (χ0v) is 12.8. The van der Waals surface area contributed by atoms with Crippen LogP contribution >= 0.6 is 23.4 Å². The average Bonchev–Trinajstić information content (AvgIpc) is 2.80. The summed E-state index contributed by atoms with van der Waals surface area (Å²) in [6.45, 7) is 2.18. The minimum Gasteiger partial charge on any atom is -0.324 e. The number of rotatable bonds is 3. The Morgan fingerprint density at radius 1 is 1.47 bits per heavy atom. The molecule has 1 unspecified atom stereocenters. The normalized spacial score (nSPS) is 20.0. The van der Waals surface area contributed by atoms with Crippen LogP contribution in [0.2, 0.25) is 0 Å². The zero-order valence-electron chi connectivity index (χ0n) is 11.2. The second kappa shape index (κ2) is 5.76. The molecular weight excluding hydrogens is 276 g/mol. The summed E-state index contributed by atoms with van der Waals surface area (Å²) >= 11 is 8.02. The van der Waals surface area contributed by atoms with E-state index in [9.17, 15) is 0 Å². The number of benzene rings is 1. The molecule has 1 aliphatic heterocycles. The van der Waals surface area contributed by atoms with Crippen molar-refractivity contribution in [3.05, 3.63) is 29.6 Å². The van der Waals surface area contributed by atoms with Crippen molar-refractivity contribution in [1.82, 2.24) is 9.55 Å². The lowest BCUT2D eigenvalue weighted by Crippen LogP contribution is -2.19. The third-order valence-electron chi connectivity index (χ3n) is 3.80. The summed E-state index contributed by atoms with van der Waals surface area (Å²) in [7, 11) is 0. The Morgan fingerprint density at radius 2 is 2.37 bits per heavy atom. The van der Waals surface area contributed by atoms with Crippen LogP contribution in [0, 0.1) is 6.92 Å². The Morgan fingerprint density at radius 3 is 3.11 bits per heavy atom. The van der Waals surface area contributed by atoms with Crippen LogP contribution in [0.3, 0.4) is 0 Å². The molecule has 1 aromatic carbocycles. The molecule has 1 fully saturated rings. The summed E-state index contributed by atoms with van der Waals surface area (Å²) in [6.07, 6.45) is 3.43. The van der Waals surface area contributed by atoms with Crippen molar-refractivity contribution in [3.63, 3.8) is 0 Å². The number of alkyl halides is 1. The minimum absolute atomic E-state index is 0.586. The summed E-state index contributed by atoms with van der Waals surface area (Å²) < 4.78 is 2.47. The molecule has 19 heavy (non-hydrogen) atoms. The fourth-order valence-corrected chi connectivity index (χ4v) is 4.24. The number of hydrogen-bond donors (Lipinski definition) is 0. The molecule has 2 nitrogen and oxygen atoms in total. The topological polar surface area (TPSA) is 17.8 Å². The van der Waals surface area contributed by atoms with E-state index >= 15 is 0 Å². The van der Waals surface area contributed by atoms with E-state index < -0.39 is 0 Å². The molecule has 2 heterocycles. The number of para-hydroxylation sites is 1. The van der Waals surface area contributed by atoms with Crippen molar-refractivity contribution in [2.45, 2.75) is 32.2 Å². The molecule has 0 radical (unpaired) electrons. The molecule has 1 saturated heterocycles. The number of thioether (sulfide) groups is 1. The lowest BCUT2D eigenvalue weighted by molar-refractivity contribution is 0.495. The lowest BCUT2D eigenvalue weighted by atomic mass is 10.1. The summed E-state index contributed by atoms with van der Waals surface area (Å²) in [5.41, 5.74) is 3.76. The highest BCUT2D eigenvalue weighted by atomic mass is 35.5. The van der Waals surface area contributed by atoms with Crippen LogP contribution in [0.5, 0.6) is 0 Å². The van der Waals surface area contributed by atoms with Crippen molar-refractivity contribution >= 4 is 34.4 Å². The van der Waals surface area contributed by atoms with E-state index in [1.807, 2.05) is 0 Å². The molecule has 0 saturated carbocycles. The predicted molar refractivity (Wildman–Crippen MR) is 84.5 cm³/mol.